The number of alkyl halides is 1. The van der Waals surface area contributed by atoms with Crippen molar-refractivity contribution in [2.45, 2.75) is 5.38 Å². The van der Waals surface area contributed by atoms with Gasteiger partial charge in [0.15, 0.2) is 0 Å². The third-order valence-corrected chi connectivity index (χ3v) is 4.92. The van der Waals surface area contributed by atoms with Crippen LogP contribution in [0.15, 0.2) is 40.2 Å². The molecule has 1 aromatic carbocycles. The normalized spacial score (nSPS) is 12.7. The second-order valence-electron chi connectivity index (χ2n) is 3.02. The second-order valence-corrected chi connectivity index (χ2v) is 5.66. The molecule has 0 aliphatic rings. The Labute approximate surface area is 111 Å². The minimum atomic E-state index is -0.187. The Morgan fingerprint density at radius 3 is 2.53 bits per heavy atom. The maximum absolute atomic E-state index is 6.38. The summed E-state index contributed by atoms with van der Waals surface area (Å²) < 4.78 is 1.03. The molecule has 1 atom stereocenters. The largest absolute Gasteiger partial charge is 0.146 e. The van der Waals surface area contributed by atoms with Crippen molar-refractivity contribution in [2.24, 2.45) is 0 Å². The Morgan fingerprint density at radius 2 is 1.93 bits per heavy atom. The summed E-state index contributed by atoms with van der Waals surface area (Å²) in [5.74, 6) is 0. The maximum Gasteiger partial charge on any atom is 0.0953 e. The van der Waals surface area contributed by atoms with Crippen LogP contribution in [-0.4, -0.2) is 0 Å². The lowest BCUT2D eigenvalue weighted by Gasteiger charge is -2.10. The molecule has 1 heterocycles. The zero-order valence-corrected chi connectivity index (χ0v) is 11.5. The van der Waals surface area contributed by atoms with Crippen LogP contribution in [-0.2, 0) is 0 Å². The fourth-order valence-corrected chi connectivity index (χ4v) is 3.80. The van der Waals surface area contributed by atoms with Gasteiger partial charge in [0.2, 0.25) is 0 Å². The first-order chi connectivity index (χ1) is 7.20. The van der Waals surface area contributed by atoms with Gasteiger partial charge in [0, 0.05) is 14.4 Å². The number of hydrogen-bond donors (Lipinski definition) is 0. The zero-order valence-electron chi connectivity index (χ0n) is 7.58. The molecule has 2 aromatic rings. The van der Waals surface area contributed by atoms with Crippen molar-refractivity contribution in [3.63, 3.8) is 0 Å². The first kappa shape index (κ1) is 11.5. The molecule has 0 aliphatic heterocycles. The highest BCUT2D eigenvalue weighted by Crippen LogP contribution is 2.39. The van der Waals surface area contributed by atoms with Crippen molar-refractivity contribution in [3.8, 4) is 0 Å². The topological polar surface area (TPSA) is 0 Å². The predicted molar refractivity (Wildman–Crippen MR) is 71.2 cm³/mol. The number of thiophene rings is 1. The van der Waals surface area contributed by atoms with Gasteiger partial charge in [-0.05, 0) is 39.0 Å². The summed E-state index contributed by atoms with van der Waals surface area (Å²) in [5.41, 5.74) is 0.948. The summed E-state index contributed by atoms with van der Waals surface area (Å²) in [6, 6.07) is 9.64. The molecule has 0 saturated heterocycles. The molecule has 1 aromatic heterocycles. The highest BCUT2D eigenvalue weighted by atomic mass is 79.9. The Hall–Kier alpha value is -0.0200. The van der Waals surface area contributed by atoms with Crippen LogP contribution in [0.2, 0.25) is 5.02 Å². The van der Waals surface area contributed by atoms with E-state index in [4.69, 9.17) is 23.2 Å². The molecule has 0 N–H and O–H groups in total. The van der Waals surface area contributed by atoms with Crippen molar-refractivity contribution < 1.29 is 0 Å². The van der Waals surface area contributed by atoms with Gasteiger partial charge >= 0.3 is 0 Å². The summed E-state index contributed by atoms with van der Waals surface area (Å²) in [7, 11) is 0. The van der Waals surface area contributed by atoms with Gasteiger partial charge in [0.1, 0.15) is 0 Å². The molecule has 2 rings (SSSR count). The van der Waals surface area contributed by atoms with Crippen LogP contribution < -0.4 is 0 Å². The van der Waals surface area contributed by atoms with Crippen LogP contribution >= 0.6 is 50.5 Å². The highest BCUT2D eigenvalue weighted by Gasteiger charge is 2.17. The van der Waals surface area contributed by atoms with E-state index in [2.05, 4.69) is 15.9 Å². The van der Waals surface area contributed by atoms with Gasteiger partial charge in [-0.2, -0.15) is 0 Å². The summed E-state index contributed by atoms with van der Waals surface area (Å²) in [6.45, 7) is 0. The van der Waals surface area contributed by atoms with Crippen molar-refractivity contribution in [2.75, 3.05) is 0 Å². The Balaban J connectivity index is 2.41. The first-order valence-corrected chi connectivity index (χ1v) is 6.80. The number of rotatable bonds is 2. The molecule has 0 bridgehead atoms. The Morgan fingerprint density at radius 1 is 1.20 bits per heavy atom. The van der Waals surface area contributed by atoms with E-state index < -0.39 is 0 Å². The zero-order chi connectivity index (χ0) is 10.8. The second kappa shape index (κ2) is 4.88. The molecule has 0 amide bonds. The number of benzene rings is 1. The predicted octanol–water partition coefficient (Wildman–Crippen LogP) is 5.49. The van der Waals surface area contributed by atoms with Gasteiger partial charge in [-0.15, -0.1) is 22.9 Å². The minimum Gasteiger partial charge on any atom is -0.146 e. The molecule has 15 heavy (non-hydrogen) atoms. The average Bonchev–Trinajstić information content (AvgIpc) is 2.64. The Bertz CT molecular complexity index is 467. The third-order valence-electron chi connectivity index (χ3n) is 2.05. The van der Waals surface area contributed by atoms with E-state index in [1.54, 1.807) is 11.3 Å². The number of hydrogen-bond acceptors (Lipinski definition) is 1. The van der Waals surface area contributed by atoms with Crippen LogP contribution in [0, 0.1) is 0 Å². The van der Waals surface area contributed by atoms with E-state index in [1.165, 1.54) is 0 Å². The molecular weight excluding hydrogens is 315 g/mol. The van der Waals surface area contributed by atoms with Crippen molar-refractivity contribution in [1.82, 2.24) is 0 Å². The quantitative estimate of drug-likeness (QED) is 0.641. The van der Waals surface area contributed by atoms with E-state index in [-0.39, 0.29) is 5.38 Å². The highest BCUT2D eigenvalue weighted by molar-refractivity contribution is 9.10. The molecule has 1 unspecified atom stereocenters. The monoisotopic (exact) mass is 320 g/mol. The van der Waals surface area contributed by atoms with Gasteiger partial charge in [-0.3, -0.25) is 0 Å². The van der Waals surface area contributed by atoms with Gasteiger partial charge in [-0.25, -0.2) is 0 Å². The van der Waals surface area contributed by atoms with E-state index in [9.17, 15) is 0 Å². The van der Waals surface area contributed by atoms with E-state index in [0.717, 1.165) is 14.9 Å². The molecule has 0 nitrogen and oxygen atoms in total. The third kappa shape index (κ3) is 2.39. The van der Waals surface area contributed by atoms with E-state index >= 15 is 0 Å². The molecule has 0 fully saturated rings. The maximum atomic E-state index is 6.38. The Kier molecular flexibility index (Phi) is 3.73. The first-order valence-electron chi connectivity index (χ1n) is 4.31. The fraction of sp³-hybridized carbons (Fsp3) is 0.0909. The molecule has 0 radical (unpaired) electrons. The standard InChI is InChI=1S/C11H7BrCl2S/c12-8-5-6-15-11(8)10(14)7-3-1-2-4-9(7)13/h1-6,10H. The van der Waals surface area contributed by atoms with E-state index in [0.29, 0.717) is 5.02 Å². The van der Waals surface area contributed by atoms with Gasteiger partial charge in [-0.1, -0.05) is 29.8 Å². The average molecular weight is 322 g/mol. The van der Waals surface area contributed by atoms with Crippen molar-refractivity contribution >= 4 is 50.5 Å². The fourth-order valence-electron chi connectivity index (χ4n) is 1.31. The van der Waals surface area contributed by atoms with Crippen molar-refractivity contribution in [1.29, 1.82) is 0 Å². The number of halogens is 3. The SMILES string of the molecule is Clc1ccccc1C(Cl)c1sccc1Br. The summed E-state index contributed by atoms with van der Waals surface area (Å²) in [5, 5.41) is 2.52. The van der Waals surface area contributed by atoms with Crippen LogP contribution in [0.4, 0.5) is 0 Å². The molecular formula is C11H7BrCl2S. The molecule has 0 spiro atoms. The van der Waals surface area contributed by atoms with Crippen LogP contribution in [0.25, 0.3) is 0 Å². The lowest BCUT2D eigenvalue weighted by Crippen LogP contribution is -1.91. The van der Waals surface area contributed by atoms with Gasteiger partial charge < -0.3 is 0 Å². The van der Waals surface area contributed by atoms with Crippen molar-refractivity contribution in [3.05, 3.63) is 55.6 Å². The van der Waals surface area contributed by atoms with Crippen LogP contribution in [0.1, 0.15) is 15.8 Å². The molecule has 0 saturated carbocycles. The summed E-state index contributed by atoms with van der Waals surface area (Å²) in [6.07, 6.45) is 0. The van der Waals surface area contributed by atoms with E-state index in [1.807, 2.05) is 35.7 Å². The smallest absolute Gasteiger partial charge is 0.0953 e. The minimum absolute atomic E-state index is 0.187. The molecule has 0 aliphatic carbocycles. The van der Waals surface area contributed by atoms with Gasteiger partial charge in [0.05, 0.1) is 5.38 Å². The summed E-state index contributed by atoms with van der Waals surface area (Å²) in [4.78, 5) is 1.09. The molecule has 4 heteroatoms. The molecule has 78 valence electrons. The van der Waals surface area contributed by atoms with Gasteiger partial charge in [0.25, 0.3) is 0 Å². The van der Waals surface area contributed by atoms with Crippen LogP contribution in [0.5, 0.6) is 0 Å². The van der Waals surface area contributed by atoms with Crippen LogP contribution in [0.3, 0.4) is 0 Å². The summed E-state index contributed by atoms with van der Waals surface area (Å²) >= 11 is 17.6. The lowest BCUT2D eigenvalue weighted by atomic mass is 10.1. The lowest BCUT2D eigenvalue weighted by molar-refractivity contribution is 1.17.